The van der Waals surface area contributed by atoms with Gasteiger partial charge in [0.1, 0.15) is 5.76 Å². The Morgan fingerprint density at radius 2 is 1.72 bits per heavy atom. The summed E-state index contributed by atoms with van der Waals surface area (Å²) in [4.78, 5) is 36.1. The third-order valence-electron chi connectivity index (χ3n) is 6.69. The van der Waals surface area contributed by atoms with E-state index in [2.05, 4.69) is 48.9 Å². The number of carbonyl (C=O) groups excluding carboxylic acids is 2. The number of hydrogen-bond acceptors (Lipinski definition) is 7. The van der Waals surface area contributed by atoms with Crippen molar-refractivity contribution in [2.45, 2.75) is 83.8 Å². The number of piperidine rings is 1. The summed E-state index contributed by atoms with van der Waals surface area (Å²) in [6.07, 6.45) is 3.72. The van der Waals surface area contributed by atoms with Crippen molar-refractivity contribution < 1.29 is 18.9 Å². The number of non-ortho nitro benzene ring substituents is 1. The number of amides is 2. The van der Waals surface area contributed by atoms with Crippen LogP contribution in [0.3, 0.4) is 0 Å². The molecule has 1 fully saturated rings. The van der Waals surface area contributed by atoms with Gasteiger partial charge in [0, 0.05) is 52.4 Å². The molecule has 10 heteroatoms. The normalized spacial score (nSPS) is 20.0. The van der Waals surface area contributed by atoms with E-state index >= 15 is 0 Å². The van der Waals surface area contributed by atoms with E-state index in [0.717, 1.165) is 24.8 Å². The first-order valence-corrected chi connectivity index (χ1v) is 12.2. The molecule has 1 aliphatic heterocycles. The van der Waals surface area contributed by atoms with Gasteiger partial charge in [0.05, 0.1) is 10.6 Å². The van der Waals surface area contributed by atoms with Gasteiger partial charge in [0.25, 0.3) is 17.5 Å². The van der Waals surface area contributed by atoms with Crippen molar-refractivity contribution in [3.8, 4) is 0 Å². The monoisotopic (exact) mass is 495 g/mol. The van der Waals surface area contributed by atoms with Gasteiger partial charge in [0.2, 0.25) is 0 Å². The predicted octanol–water partition coefficient (Wildman–Crippen LogP) is 4.01. The fourth-order valence-electron chi connectivity index (χ4n) is 5.59. The maximum absolute atomic E-state index is 13.2. The molecule has 10 nitrogen and oxygen atoms in total. The number of rotatable bonds is 5. The minimum absolute atomic E-state index is 0.0133. The molecular weight excluding hydrogens is 462 g/mol. The van der Waals surface area contributed by atoms with Crippen LogP contribution in [0.2, 0.25) is 0 Å². The zero-order chi connectivity index (χ0) is 26.3. The summed E-state index contributed by atoms with van der Waals surface area (Å²) in [5.41, 5.74) is 4.63. The van der Waals surface area contributed by atoms with Crippen molar-refractivity contribution in [2.24, 2.45) is 5.10 Å². The van der Waals surface area contributed by atoms with Crippen LogP contribution < -0.4 is 16.1 Å². The number of hydrazone groups is 1. The molecular formula is C26H33N5O5. The van der Waals surface area contributed by atoms with E-state index in [1.807, 2.05) is 6.92 Å². The number of benzene rings is 1. The first-order valence-electron chi connectivity index (χ1n) is 12.2. The van der Waals surface area contributed by atoms with Gasteiger partial charge >= 0.3 is 0 Å². The number of hydrogen-bond donors (Lipinski definition) is 3. The Bertz CT molecular complexity index is 1210. The zero-order valence-corrected chi connectivity index (χ0v) is 21.4. The summed E-state index contributed by atoms with van der Waals surface area (Å²) in [7, 11) is 0. The average molecular weight is 496 g/mol. The molecule has 36 heavy (non-hydrogen) atoms. The second-order valence-electron chi connectivity index (χ2n) is 11.0. The maximum Gasteiger partial charge on any atom is 0.287 e. The molecule has 0 bridgehead atoms. The SMILES string of the molecule is Cc1c(C(=O)NC2CC(C)(C)NC(C)(C)C2)oc2c1/C(=N/NC(=O)c1ccc([N+](=O)[O-])cc1)CCC2. The van der Waals surface area contributed by atoms with Crippen LogP contribution in [0.4, 0.5) is 5.69 Å². The minimum Gasteiger partial charge on any atom is -0.455 e. The molecule has 0 unspecified atom stereocenters. The minimum atomic E-state index is -0.520. The third-order valence-corrected chi connectivity index (χ3v) is 6.69. The van der Waals surface area contributed by atoms with Gasteiger partial charge in [-0.25, -0.2) is 5.43 Å². The molecule has 0 saturated carbocycles. The Hall–Kier alpha value is -3.53. The highest BCUT2D eigenvalue weighted by molar-refractivity contribution is 6.07. The Morgan fingerprint density at radius 1 is 1.08 bits per heavy atom. The van der Waals surface area contributed by atoms with E-state index < -0.39 is 10.8 Å². The van der Waals surface area contributed by atoms with Gasteiger partial charge < -0.3 is 15.1 Å². The molecule has 1 aromatic carbocycles. The lowest BCUT2D eigenvalue weighted by atomic mass is 9.79. The lowest BCUT2D eigenvalue weighted by molar-refractivity contribution is -0.384. The second kappa shape index (κ2) is 9.50. The van der Waals surface area contributed by atoms with Crippen LogP contribution in [-0.2, 0) is 6.42 Å². The van der Waals surface area contributed by atoms with Crippen LogP contribution in [0.25, 0.3) is 0 Å². The highest BCUT2D eigenvalue weighted by atomic mass is 16.6. The van der Waals surface area contributed by atoms with Crippen molar-refractivity contribution in [3.63, 3.8) is 0 Å². The molecule has 0 radical (unpaired) electrons. The van der Waals surface area contributed by atoms with Crippen molar-refractivity contribution in [1.82, 2.24) is 16.1 Å². The smallest absolute Gasteiger partial charge is 0.287 e. The van der Waals surface area contributed by atoms with E-state index in [4.69, 9.17) is 4.42 Å². The largest absolute Gasteiger partial charge is 0.455 e. The number of nitro benzene ring substituents is 1. The standard InChI is InChI=1S/C26H33N5O5/c1-15-21-19(28-29-23(32)16-9-11-18(12-10-16)31(34)35)7-6-8-20(21)36-22(15)24(33)27-17-13-25(2,3)30-26(4,5)14-17/h9-12,17,30H,6-8,13-14H2,1-5H3,(H,27,33)(H,29,32)/b28-19+. The average Bonchev–Trinajstić information content (AvgIpc) is 3.12. The molecule has 2 heterocycles. The molecule has 1 aromatic heterocycles. The van der Waals surface area contributed by atoms with Crippen molar-refractivity contribution in [1.29, 1.82) is 0 Å². The molecule has 1 saturated heterocycles. The molecule has 2 aromatic rings. The molecule has 1 aliphatic carbocycles. The summed E-state index contributed by atoms with van der Waals surface area (Å²) in [5.74, 6) is 0.262. The van der Waals surface area contributed by atoms with Gasteiger partial charge in [-0.2, -0.15) is 5.10 Å². The van der Waals surface area contributed by atoms with Crippen LogP contribution in [0.1, 0.15) is 91.2 Å². The summed E-state index contributed by atoms with van der Waals surface area (Å²) in [6, 6.07) is 5.33. The summed E-state index contributed by atoms with van der Waals surface area (Å²) < 4.78 is 6.02. The van der Waals surface area contributed by atoms with Crippen molar-refractivity contribution >= 4 is 23.2 Å². The predicted molar refractivity (Wildman–Crippen MR) is 135 cm³/mol. The fraction of sp³-hybridized carbons (Fsp3) is 0.500. The van der Waals surface area contributed by atoms with Gasteiger partial charge in [-0.1, -0.05) is 0 Å². The first-order chi connectivity index (χ1) is 16.8. The molecule has 0 spiro atoms. The van der Waals surface area contributed by atoms with Crippen LogP contribution in [-0.4, -0.2) is 39.6 Å². The number of furan rings is 1. The Balaban J connectivity index is 1.50. The fourth-order valence-corrected chi connectivity index (χ4v) is 5.59. The molecule has 4 rings (SSSR count). The highest BCUT2D eigenvalue weighted by Gasteiger charge is 2.39. The van der Waals surface area contributed by atoms with E-state index in [-0.39, 0.29) is 40.0 Å². The number of nitrogens with one attached hydrogen (secondary N) is 3. The van der Waals surface area contributed by atoms with Gasteiger partial charge in [-0.3, -0.25) is 19.7 Å². The van der Waals surface area contributed by atoms with E-state index in [0.29, 0.717) is 29.9 Å². The molecule has 2 amide bonds. The summed E-state index contributed by atoms with van der Waals surface area (Å²) >= 11 is 0. The molecule has 2 aliphatic rings. The van der Waals surface area contributed by atoms with E-state index in [1.54, 1.807) is 0 Å². The highest BCUT2D eigenvalue weighted by Crippen LogP contribution is 2.32. The molecule has 3 N–H and O–H groups in total. The Labute approximate surface area is 210 Å². The Kier molecular flexibility index (Phi) is 6.74. The van der Waals surface area contributed by atoms with Crippen LogP contribution in [0.15, 0.2) is 33.8 Å². The number of nitro groups is 1. The first kappa shape index (κ1) is 25.6. The van der Waals surface area contributed by atoms with Crippen molar-refractivity contribution in [3.05, 3.63) is 62.6 Å². The lowest BCUT2D eigenvalue weighted by Crippen LogP contribution is -2.62. The number of aryl methyl sites for hydroxylation is 1. The topological polar surface area (TPSA) is 139 Å². The summed E-state index contributed by atoms with van der Waals surface area (Å²) in [5, 5.41) is 21.9. The van der Waals surface area contributed by atoms with Gasteiger partial charge in [-0.05, 0) is 72.4 Å². The van der Waals surface area contributed by atoms with Gasteiger partial charge in [-0.15, -0.1) is 0 Å². The number of nitrogens with zero attached hydrogens (tertiary/aromatic N) is 2. The quantitative estimate of drug-likeness (QED) is 0.423. The third kappa shape index (κ3) is 5.48. The summed E-state index contributed by atoms with van der Waals surface area (Å²) in [6.45, 7) is 10.4. The van der Waals surface area contributed by atoms with E-state index in [9.17, 15) is 19.7 Å². The van der Waals surface area contributed by atoms with Crippen LogP contribution in [0.5, 0.6) is 0 Å². The maximum atomic E-state index is 13.2. The second-order valence-corrected chi connectivity index (χ2v) is 11.0. The Morgan fingerprint density at radius 3 is 2.33 bits per heavy atom. The molecule has 0 atom stereocenters. The van der Waals surface area contributed by atoms with Crippen molar-refractivity contribution in [2.75, 3.05) is 0 Å². The number of carbonyl (C=O) groups is 2. The van der Waals surface area contributed by atoms with Crippen LogP contribution in [0, 0.1) is 17.0 Å². The van der Waals surface area contributed by atoms with Gasteiger partial charge in [0.15, 0.2) is 5.76 Å². The lowest BCUT2D eigenvalue weighted by Gasteiger charge is -2.46. The zero-order valence-electron chi connectivity index (χ0n) is 21.4. The number of fused-ring (bicyclic) bond motifs is 1. The van der Waals surface area contributed by atoms with Crippen LogP contribution >= 0.6 is 0 Å². The van der Waals surface area contributed by atoms with E-state index in [1.165, 1.54) is 24.3 Å². The molecule has 192 valence electrons.